The fraction of sp³-hybridized carbons (Fsp3) is 0.417. The Labute approximate surface area is 85.8 Å². The smallest absolute Gasteiger partial charge is 0.0315 e. The van der Waals surface area contributed by atoms with Crippen LogP contribution in [0.2, 0.25) is 0 Å². The monoisotopic (exact) mass is 188 g/mol. The van der Waals surface area contributed by atoms with Crippen LogP contribution in [0.1, 0.15) is 31.9 Å². The maximum absolute atomic E-state index is 4.08. The normalized spacial score (nSPS) is 11.6. The van der Waals surface area contributed by atoms with Gasteiger partial charge >= 0.3 is 0 Å². The fourth-order valence-corrected chi connectivity index (χ4v) is 1.23. The third-order valence-corrected chi connectivity index (χ3v) is 2.06. The number of hydrogen-bond donors (Lipinski definition) is 1. The highest BCUT2D eigenvalue weighted by atomic mass is 14.9. The number of nitrogens with zero attached hydrogens (tertiary/aromatic N) is 1. The van der Waals surface area contributed by atoms with E-state index in [1.54, 1.807) is 6.20 Å². The van der Waals surface area contributed by atoms with Crippen LogP contribution in [0.15, 0.2) is 24.5 Å². The minimum atomic E-state index is 0.349. The van der Waals surface area contributed by atoms with Crippen LogP contribution in [-0.2, 0) is 0 Å². The first-order chi connectivity index (χ1) is 6.84. The molecule has 0 saturated heterocycles. The predicted octanol–water partition coefficient (Wildman–Crippen LogP) is 2.15. The summed E-state index contributed by atoms with van der Waals surface area (Å²) < 4.78 is 0. The molecule has 0 radical (unpaired) electrons. The van der Waals surface area contributed by atoms with Gasteiger partial charge in [0.05, 0.1) is 0 Å². The van der Waals surface area contributed by atoms with Crippen LogP contribution in [0.25, 0.3) is 0 Å². The van der Waals surface area contributed by atoms with E-state index in [4.69, 9.17) is 0 Å². The van der Waals surface area contributed by atoms with Crippen molar-refractivity contribution in [2.45, 2.75) is 26.3 Å². The fourth-order valence-electron chi connectivity index (χ4n) is 1.23. The molecule has 0 unspecified atom stereocenters. The first-order valence-electron chi connectivity index (χ1n) is 4.87. The summed E-state index contributed by atoms with van der Waals surface area (Å²) in [7, 11) is 0. The molecule has 1 rings (SSSR count). The Morgan fingerprint density at radius 2 is 2.43 bits per heavy atom. The zero-order valence-electron chi connectivity index (χ0n) is 8.75. The van der Waals surface area contributed by atoms with Crippen molar-refractivity contribution in [3.8, 4) is 11.8 Å². The highest BCUT2D eigenvalue weighted by molar-refractivity contribution is 5.12. The van der Waals surface area contributed by atoms with Crippen LogP contribution in [-0.4, -0.2) is 11.5 Å². The Kier molecular flexibility index (Phi) is 4.74. The van der Waals surface area contributed by atoms with Crippen molar-refractivity contribution < 1.29 is 0 Å². The van der Waals surface area contributed by atoms with E-state index >= 15 is 0 Å². The van der Waals surface area contributed by atoms with Crippen LogP contribution in [0.4, 0.5) is 0 Å². The Morgan fingerprint density at radius 1 is 1.57 bits per heavy atom. The molecule has 0 bridgehead atoms. The van der Waals surface area contributed by atoms with Gasteiger partial charge in [0.2, 0.25) is 0 Å². The Morgan fingerprint density at radius 3 is 3.07 bits per heavy atom. The minimum Gasteiger partial charge on any atom is -0.309 e. The van der Waals surface area contributed by atoms with Gasteiger partial charge in [-0.05, 0) is 25.5 Å². The molecule has 1 aromatic rings. The van der Waals surface area contributed by atoms with Gasteiger partial charge in [-0.1, -0.05) is 6.07 Å². The van der Waals surface area contributed by atoms with E-state index in [-0.39, 0.29) is 0 Å². The van der Waals surface area contributed by atoms with Crippen molar-refractivity contribution in [2.75, 3.05) is 6.54 Å². The molecule has 14 heavy (non-hydrogen) atoms. The zero-order chi connectivity index (χ0) is 10.2. The van der Waals surface area contributed by atoms with Gasteiger partial charge in [0.25, 0.3) is 0 Å². The summed E-state index contributed by atoms with van der Waals surface area (Å²) in [5, 5.41) is 3.39. The standard InChI is InChI=1S/C12H16N2/c1-3-4-5-9-14-11(2)12-7-6-8-13-10-12/h6-8,10-11,14H,5,9H2,1-2H3/t11-/m1/s1. The lowest BCUT2D eigenvalue weighted by Gasteiger charge is -2.12. The van der Waals surface area contributed by atoms with Gasteiger partial charge in [-0.25, -0.2) is 0 Å². The summed E-state index contributed by atoms with van der Waals surface area (Å²) in [5.41, 5.74) is 1.22. The van der Waals surface area contributed by atoms with E-state index in [2.05, 4.69) is 35.1 Å². The van der Waals surface area contributed by atoms with E-state index in [9.17, 15) is 0 Å². The van der Waals surface area contributed by atoms with Crippen molar-refractivity contribution >= 4 is 0 Å². The maximum atomic E-state index is 4.08. The molecule has 2 nitrogen and oxygen atoms in total. The van der Waals surface area contributed by atoms with E-state index in [1.807, 2.05) is 19.2 Å². The zero-order valence-corrected chi connectivity index (χ0v) is 8.75. The summed E-state index contributed by atoms with van der Waals surface area (Å²) in [4.78, 5) is 4.08. The highest BCUT2D eigenvalue weighted by Gasteiger charge is 2.02. The van der Waals surface area contributed by atoms with Crippen molar-refractivity contribution in [3.05, 3.63) is 30.1 Å². The second kappa shape index (κ2) is 6.17. The Bertz CT molecular complexity index is 308. The molecule has 74 valence electrons. The molecule has 0 spiro atoms. The van der Waals surface area contributed by atoms with Gasteiger partial charge < -0.3 is 5.32 Å². The predicted molar refractivity (Wildman–Crippen MR) is 58.7 cm³/mol. The van der Waals surface area contributed by atoms with E-state index < -0.39 is 0 Å². The summed E-state index contributed by atoms with van der Waals surface area (Å²) in [6, 6.07) is 4.39. The van der Waals surface area contributed by atoms with E-state index in [1.165, 1.54) is 5.56 Å². The van der Waals surface area contributed by atoms with E-state index in [0.29, 0.717) is 6.04 Å². The van der Waals surface area contributed by atoms with Gasteiger partial charge in [0, 0.05) is 31.4 Å². The third kappa shape index (κ3) is 3.59. The van der Waals surface area contributed by atoms with Gasteiger partial charge in [0.15, 0.2) is 0 Å². The summed E-state index contributed by atoms with van der Waals surface area (Å²) in [6.07, 6.45) is 4.59. The lowest BCUT2D eigenvalue weighted by atomic mass is 10.1. The van der Waals surface area contributed by atoms with Crippen LogP contribution in [0.3, 0.4) is 0 Å². The molecule has 0 aliphatic rings. The molecule has 1 aromatic heterocycles. The largest absolute Gasteiger partial charge is 0.309 e. The Hall–Kier alpha value is -1.33. The first kappa shape index (κ1) is 10.7. The molecule has 0 aliphatic carbocycles. The maximum Gasteiger partial charge on any atom is 0.0315 e. The van der Waals surface area contributed by atoms with Crippen molar-refractivity contribution in [3.63, 3.8) is 0 Å². The van der Waals surface area contributed by atoms with Crippen LogP contribution in [0, 0.1) is 11.8 Å². The van der Waals surface area contributed by atoms with Crippen molar-refractivity contribution in [1.82, 2.24) is 10.3 Å². The third-order valence-electron chi connectivity index (χ3n) is 2.06. The van der Waals surface area contributed by atoms with Crippen LogP contribution < -0.4 is 5.32 Å². The Balaban J connectivity index is 2.34. The SMILES string of the molecule is CC#CCCN[C@H](C)c1cccnc1. The number of rotatable bonds is 4. The number of pyridine rings is 1. The lowest BCUT2D eigenvalue weighted by molar-refractivity contribution is 0.582. The van der Waals surface area contributed by atoms with Gasteiger partial charge in [0.1, 0.15) is 0 Å². The highest BCUT2D eigenvalue weighted by Crippen LogP contribution is 2.08. The van der Waals surface area contributed by atoms with Crippen LogP contribution in [0.5, 0.6) is 0 Å². The first-order valence-corrected chi connectivity index (χ1v) is 4.87. The molecule has 0 amide bonds. The molecule has 1 heterocycles. The molecule has 0 saturated carbocycles. The van der Waals surface area contributed by atoms with Crippen molar-refractivity contribution in [2.24, 2.45) is 0 Å². The molecule has 1 atom stereocenters. The van der Waals surface area contributed by atoms with Crippen molar-refractivity contribution in [1.29, 1.82) is 0 Å². The molecule has 0 fully saturated rings. The molecular weight excluding hydrogens is 172 g/mol. The van der Waals surface area contributed by atoms with E-state index in [0.717, 1.165) is 13.0 Å². The molecular formula is C12H16N2. The van der Waals surface area contributed by atoms with Gasteiger partial charge in [-0.15, -0.1) is 11.8 Å². The quantitative estimate of drug-likeness (QED) is 0.578. The lowest BCUT2D eigenvalue weighted by Crippen LogP contribution is -2.19. The molecule has 2 heteroatoms. The average molecular weight is 188 g/mol. The van der Waals surface area contributed by atoms with Crippen LogP contribution >= 0.6 is 0 Å². The number of aromatic nitrogens is 1. The second-order valence-electron chi connectivity index (χ2n) is 3.14. The van der Waals surface area contributed by atoms with Gasteiger partial charge in [-0.3, -0.25) is 4.98 Å². The molecule has 0 aliphatic heterocycles. The number of hydrogen-bond acceptors (Lipinski definition) is 2. The summed E-state index contributed by atoms with van der Waals surface area (Å²) in [6.45, 7) is 4.93. The summed E-state index contributed by atoms with van der Waals surface area (Å²) >= 11 is 0. The molecule has 0 aromatic carbocycles. The topological polar surface area (TPSA) is 24.9 Å². The number of nitrogens with one attached hydrogen (secondary N) is 1. The second-order valence-corrected chi connectivity index (χ2v) is 3.14. The van der Waals surface area contributed by atoms with Gasteiger partial charge in [-0.2, -0.15) is 0 Å². The molecule has 1 N–H and O–H groups in total. The summed E-state index contributed by atoms with van der Waals surface area (Å²) in [5.74, 6) is 5.91. The minimum absolute atomic E-state index is 0.349. The average Bonchev–Trinajstić information content (AvgIpc) is 2.25.